The van der Waals surface area contributed by atoms with Crippen molar-refractivity contribution in [2.75, 3.05) is 44.4 Å². The highest BCUT2D eigenvalue weighted by atomic mass is 16.5. The Hall–Kier alpha value is -2.12. The lowest BCUT2D eigenvalue weighted by molar-refractivity contribution is -0.127. The molecular weight excluding hydrogens is 248 g/mol. The summed E-state index contributed by atoms with van der Waals surface area (Å²) in [6.07, 6.45) is 0. The van der Waals surface area contributed by atoms with Crippen LogP contribution in [0.5, 0.6) is 6.01 Å². The van der Waals surface area contributed by atoms with Gasteiger partial charge in [0.05, 0.1) is 13.7 Å². The van der Waals surface area contributed by atoms with Gasteiger partial charge in [-0.1, -0.05) is 0 Å². The van der Waals surface area contributed by atoms with Crippen LogP contribution in [0.15, 0.2) is 0 Å². The molecule has 0 radical (unpaired) electrons. The van der Waals surface area contributed by atoms with Gasteiger partial charge in [0.2, 0.25) is 17.8 Å². The Kier molecular flexibility index (Phi) is 5.77. The Balaban J connectivity index is 2.71. The summed E-state index contributed by atoms with van der Waals surface area (Å²) in [6.45, 7) is 5.31. The zero-order valence-corrected chi connectivity index (χ0v) is 11.7. The van der Waals surface area contributed by atoms with Crippen LogP contribution in [0.2, 0.25) is 0 Å². The number of carbonyl (C=O) groups excluding carboxylic acids is 1. The molecule has 1 heterocycles. The third-order valence-electron chi connectivity index (χ3n) is 2.43. The number of hydrogen-bond donors (Lipinski definition) is 2. The number of nitrogens with one attached hydrogen (secondary N) is 2. The third kappa shape index (κ3) is 4.57. The standard InChI is InChI=1S/C11H20N6O2/c1-5-12-9-14-10(16-11(15-9)19-4)13-7-8(18)17(3)6-2/h5-7H2,1-4H3,(H2,12,13,14,15,16). The van der Waals surface area contributed by atoms with Crippen LogP contribution >= 0.6 is 0 Å². The van der Waals surface area contributed by atoms with E-state index in [1.54, 1.807) is 11.9 Å². The first-order chi connectivity index (χ1) is 9.10. The van der Waals surface area contributed by atoms with E-state index in [0.717, 1.165) is 0 Å². The molecule has 0 aromatic carbocycles. The second-order valence-corrected chi connectivity index (χ2v) is 3.76. The SMILES string of the molecule is CCNc1nc(NCC(=O)N(C)CC)nc(OC)n1. The summed E-state index contributed by atoms with van der Waals surface area (Å²) in [5.41, 5.74) is 0. The molecule has 0 aliphatic heterocycles. The minimum atomic E-state index is -0.0353. The molecule has 0 saturated heterocycles. The molecule has 8 heteroatoms. The summed E-state index contributed by atoms with van der Waals surface area (Å²) in [7, 11) is 3.22. The van der Waals surface area contributed by atoms with Crippen molar-refractivity contribution in [3.8, 4) is 6.01 Å². The number of aromatic nitrogens is 3. The predicted octanol–water partition coefficient (Wildman–Crippen LogP) is 0.202. The molecule has 1 amide bonds. The lowest BCUT2D eigenvalue weighted by Gasteiger charge is -2.15. The Morgan fingerprint density at radius 3 is 2.37 bits per heavy atom. The highest BCUT2D eigenvalue weighted by Gasteiger charge is 2.09. The van der Waals surface area contributed by atoms with Gasteiger partial charge in [0.1, 0.15) is 0 Å². The van der Waals surface area contributed by atoms with Gasteiger partial charge in [-0.3, -0.25) is 4.79 Å². The van der Waals surface area contributed by atoms with Crippen molar-refractivity contribution >= 4 is 17.8 Å². The largest absolute Gasteiger partial charge is 0.467 e. The lowest BCUT2D eigenvalue weighted by atomic mass is 10.5. The number of likely N-dealkylation sites (N-methyl/N-ethyl adjacent to an activating group) is 1. The summed E-state index contributed by atoms with van der Waals surface area (Å²) in [5, 5.41) is 5.83. The van der Waals surface area contributed by atoms with Gasteiger partial charge in [0.25, 0.3) is 0 Å². The van der Waals surface area contributed by atoms with Crippen molar-refractivity contribution in [2.24, 2.45) is 0 Å². The summed E-state index contributed by atoms with van der Waals surface area (Å²) >= 11 is 0. The van der Waals surface area contributed by atoms with E-state index >= 15 is 0 Å². The number of anilines is 2. The number of carbonyl (C=O) groups is 1. The Morgan fingerprint density at radius 1 is 1.21 bits per heavy atom. The van der Waals surface area contributed by atoms with Crippen LogP contribution in [0.4, 0.5) is 11.9 Å². The maximum atomic E-state index is 11.7. The fraction of sp³-hybridized carbons (Fsp3) is 0.636. The molecule has 19 heavy (non-hydrogen) atoms. The van der Waals surface area contributed by atoms with E-state index in [1.807, 2.05) is 13.8 Å². The van der Waals surface area contributed by atoms with Crippen LogP contribution in [0.3, 0.4) is 0 Å². The van der Waals surface area contributed by atoms with Gasteiger partial charge in [-0.15, -0.1) is 0 Å². The summed E-state index contributed by atoms with van der Waals surface area (Å²) < 4.78 is 4.98. The van der Waals surface area contributed by atoms with Gasteiger partial charge >= 0.3 is 6.01 Å². The second kappa shape index (κ2) is 7.34. The summed E-state index contributed by atoms with van der Waals surface area (Å²) in [4.78, 5) is 25.5. The molecule has 106 valence electrons. The Morgan fingerprint density at radius 2 is 1.84 bits per heavy atom. The number of methoxy groups -OCH3 is 1. The smallest absolute Gasteiger partial charge is 0.322 e. The molecule has 0 bridgehead atoms. The minimum Gasteiger partial charge on any atom is -0.467 e. The highest BCUT2D eigenvalue weighted by molar-refractivity contribution is 5.80. The first-order valence-electron chi connectivity index (χ1n) is 6.12. The number of amides is 1. The maximum Gasteiger partial charge on any atom is 0.322 e. The van der Waals surface area contributed by atoms with Gasteiger partial charge in [0.15, 0.2) is 0 Å². The zero-order valence-electron chi connectivity index (χ0n) is 11.7. The molecule has 1 aromatic rings. The highest BCUT2D eigenvalue weighted by Crippen LogP contribution is 2.10. The number of ether oxygens (including phenoxy) is 1. The van der Waals surface area contributed by atoms with E-state index in [0.29, 0.717) is 25.0 Å². The molecule has 0 spiro atoms. The second-order valence-electron chi connectivity index (χ2n) is 3.76. The van der Waals surface area contributed by atoms with E-state index in [4.69, 9.17) is 4.74 Å². The van der Waals surface area contributed by atoms with Crippen molar-refractivity contribution in [1.82, 2.24) is 19.9 Å². The van der Waals surface area contributed by atoms with Gasteiger partial charge in [0, 0.05) is 20.1 Å². The van der Waals surface area contributed by atoms with Crippen LogP contribution in [0.1, 0.15) is 13.8 Å². The average molecular weight is 268 g/mol. The van der Waals surface area contributed by atoms with Crippen LogP contribution in [0.25, 0.3) is 0 Å². The quantitative estimate of drug-likeness (QED) is 0.729. The van der Waals surface area contributed by atoms with Crippen molar-refractivity contribution in [2.45, 2.75) is 13.8 Å². The van der Waals surface area contributed by atoms with Crippen LogP contribution in [-0.2, 0) is 4.79 Å². The van der Waals surface area contributed by atoms with E-state index < -0.39 is 0 Å². The molecular formula is C11H20N6O2. The van der Waals surface area contributed by atoms with Gasteiger partial charge < -0.3 is 20.3 Å². The van der Waals surface area contributed by atoms with Gasteiger partial charge in [-0.2, -0.15) is 15.0 Å². The number of rotatable bonds is 7. The van der Waals surface area contributed by atoms with Crippen molar-refractivity contribution < 1.29 is 9.53 Å². The Bertz CT molecular complexity index is 426. The van der Waals surface area contributed by atoms with Crippen molar-refractivity contribution in [3.63, 3.8) is 0 Å². The van der Waals surface area contributed by atoms with E-state index in [2.05, 4.69) is 25.6 Å². The zero-order chi connectivity index (χ0) is 14.3. The molecule has 0 aliphatic rings. The molecule has 0 aliphatic carbocycles. The predicted molar refractivity (Wildman–Crippen MR) is 72.3 cm³/mol. The normalized spacial score (nSPS) is 9.89. The fourth-order valence-electron chi connectivity index (χ4n) is 1.23. The van der Waals surface area contributed by atoms with Crippen molar-refractivity contribution in [3.05, 3.63) is 0 Å². The topological polar surface area (TPSA) is 92.3 Å². The molecule has 0 atom stereocenters. The van der Waals surface area contributed by atoms with E-state index in [9.17, 15) is 4.79 Å². The first-order valence-corrected chi connectivity index (χ1v) is 6.12. The molecule has 1 aromatic heterocycles. The minimum absolute atomic E-state index is 0.0353. The summed E-state index contributed by atoms with van der Waals surface area (Å²) in [6, 6.07) is 0.199. The first kappa shape index (κ1) is 14.9. The number of nitrogens with zero attached hydrogens (tertiary/aromatic N) is 4. The summed E-state index contributed by atoms with van der Waals surface area (Å²) in [5.74, 6) is 0.681. The third-order valence-corrected chi connectivity index (χ3v) is 2.43. The molecule has 8 nitrogen and oxygen atoms in total. The molecule has 2 N–H and O–H groups in total. The monoisotopic (exact) mass is 268 g/mol. The van der Waals surface area contributed by atoms with Crippen LogP contribution in [0, 0.1) is 0 Å². The maximum absolute atomic E-state index is 11.7. The van der Waals surface area contributed by atoms with Crippen LogP contribution < -0.4 is 15.4 Å². The number of hydrogen-bond acceptors (Lipinski definition) is 7. The molecule has 1 rings (SSSR count). The molecule has 0 saturated carbocycles. The molecule has 0 unspecified atom stereocenters. The van der Waals surface area contributed by atoms with Gasteiger partial charge in [-0.25, -0.2) is 0 Å². The average Bonchev–Trinajstić information content (AvgIpc) is 2.43. The fourth-order valence-corrected chi connectivity index (χ4v) is 1.23. The van der Waals surface area contributed by atoms with Crippen molar-refractivity contribution in [1.29, 1.82) is 0 Å². The van der Waals surface area contributed by atoms with E-state index in [1.165, 1.54) is 7.11 Å². The van der Waals surface area contributed by atoms with Crippen LogP contribution in [-0.4, -0.2) is 59.6 Å². The van der Waals surface area contributed by atoms with E-state index in [-0.39, 0.29) is 18.5 Å². The lowest BCUT2D eigenvalue weighted by Crippen LogP contribution is -2.32. The molecule has 0 fully saturated rings. The van der Waals surface area contributed by atoms with Gasteiger partial charge in [-0.05, 0) is 13.8 Å². The Labute approximate surface area is 112 Å².